The van der Waals surface area contributed by atoms with Crippen molar-refractivity contribution in [1.29, 1.82) is 0 Å². The van der Waals surface area contributed by atoms with E-state index in [4.69, 9.17) is 0 Å². The van der Waals surface area contributed by atoms with Gasteiger partial charge in [-0.15, -0.1) is 0 Å². The number of aliphatic imine (C=N–C) groups is 1. The molecule has 0 aliphatic heterocycles. The molecule has 0 aliphatic carbocycles. The fourth-order valence-electron chi connectivity index (χ4n) is 1.52. The Bertz CT molecular complexity index is 151. The van der Waals surface area contributed by atoms with E-state index < -0.39 is 5.60 Å². The van der Waals surface area contributed by atoms with Crippen LogP contribution in [0.2, 0.25) is 0 Å². The first-order valence-corrected chi connectivity index (χ1v) is 4.77. The molecule has 0 fully saturated rings. The molecule has 13 heavy (non-hydrogen) atoms. The topological polar surface area (TPSA) is 32.6 Å². The molecule has 0 aromatic rings. The summed E-state index contributed by atoms with van der Waals surface area (Å²) in [5.41, 5.74) is 0.226. The van der Waals surface area contributed by atoms with Crippen LogP contribution < -0.4 is 0 Å². The van der Waals surface area contributed by atoms with E-state index in [0.29, 0.717) is 0 Å². The van der Waals surface area contributed by atoms with E-state index in [2.05, 4.69) is 18.8 Å². The van der Waals surface area contributed by atoms with E-state index in [0.717, 1.165) is 31.4 Å². The van der Waals surface area contributed by atoms with Gasteiger partial charge in [0.2, 0.25) is 0 Å². The molecule has 0 atom stereocenters. The average Bonchev–Trinajstić information content (AvgIpc) is 2.04. The van der Waals surface area contributed by atoms with Gasteiger partial charge in [0.25, 0.3) is 0 Å². The molecule has 0 saturated carbocycles. The molecule has 0 spiro atoms. The number of hydrogen-bond acceptors (Lipinski definition) is 2. The molecule has 1 radical (unpaired) electrons. The minimum atomic E-state index is -0.641. The van der Waals surface area contributed by atoms with Gasteiger partial charge in [-0.3, -0.25) is 4.99 Å². The van der Waals surface area contributed by atoms with Gasteiger partial charge in [0.1, 0.15) is 5.60 Å². The Kier molecular flexibility index (Phi) is 9.65. The summed E-state index contributed by atoms with van der Waals surface area (Å²) in [6.45, 7) is 6.08. The second kappa shape index (κ2) is 7.86. The second-order valence-corrected chi connectivity index (χ2v) is 3.34. The first-order valence-electron chi connectivity index (χ1n) is 4.77. The predicted molar refractivity (Wildman–Crippen MR) is 53.8 cm³/mol. The number of aliphatic hydroxyl groups is 1. The van der Waals surface area contributed by atoms with Gasteiger partial charge < -0.3 is 5.11 Å². The Labute approximate surface area is 101 Å². The first-order chi connectivity index (χ1) is 5.60. The normalized spacial score (nSPS) is 12.5. The maximum Gasteiger partial charge on any atom is 0.102 e. The summed E-state index contributed by atoms with van der Waals surface area (Å²) in [7, 11) is 1.74. The summed E-state index contributed by atoms with van der Waals surface area (Å²) < 4.78 is 0. The summed E-state index contributed by atoms with van der Waals surface area (Å²) in [6, 6.07) is 0. The quantitative estimate of drug-likeness (QED) is 0.703. The minimum Gasteiger partial charge on any atom is -0.384 e. The van der Waals surface area contributed by atoms with E-state index >= 15 is 0 Å². The molecular weight excluding hydrogens is 195 g/mol. The summed E-state index contributed by atoms with van der Waals surface area (Å²) >= 11 is 0. The van der Waals surface area contributed by atoms with E-state index in [9.17, 15) is 5.11 Å². The third kappa shape index (κ3) is 5.06. The Morgan fingerprint density at radius 3 is 1.85 bits per heavy atom. The first kappa shape index (κ1) is 16.0. The number of hydrogen-bond donors (Lipinski definition) is 1. The van der Waals surface area contributed by atoms with Crippen molar-refractivity contribution in [2.24, 2.45) is 4.99 Å². The van der Waals surface area contributed by atoms with Crippen molar-refractivity contribution >= 4 is 5.71 Å². The van der Waals surface area contributed by atoms with Crippen LogP contribution in [-0.2, 0) is 25.8 Å². The number of nitrogens with zero attached hydrogens (tertiary/aromatic N) is 1. The molecule has 0 aromatic heterocycles. The maximum absolute atomic E-state index is 10.1. The largest absolute Gasteiger partial charge is 0.384 e. The van der Waals surface area contributed by atoms with Crippen LogP contribution in [0.25, 0.3) is 0 Å². The fraction of sp³-hybridized carbons (Fsp3) is 0.900. The molecule has 3 heteroatoms. The minimum absolute atomic E-state index is 0. The van der Waals surface area contributed by atoms with Gasteiger partial charge in [-0.1, -0.05) is 26.7 Å². The Balaban J connectivity index is 0. The average molecular weight is 216 g/mol. The Hall–Kier alpha value is 0.500. The molecule has 0 aliphatic rings. The van der Waals surface area contributed by atoms with Crippen LogP contribution in [0.3, 0.4) is 0 Å². The maximum atomic E-state index is 10.1. The van der Waals surface area contributed by atoms with Crippen molar-refractivity contribution in [3.05, 3.63) is 0 Å². The van der Waals surface area contributed by atoms with Crippen LogP contribution in [0.4, 0.5) is 0 Å². The Morgan fingerprint density at radius 1 is 1.23 bits per heavy atom. The van der Waals surface area contributed by atoms with E-state index in [1.807, 2.05) is 6.92 Å². The summed E-state index contributed by atoms with van der Waals surface area (Å²) in [5.74, 6) is 0. The van der Waals surface area contributed by atoms with Crippen LogP contribution in [0.5, 0.6) is 0 Å². The summed E-state index contributed by atoms with van der Waals surface area (Å²) in [5, 5.41) is 10.1. The van der Waals surface area contributed by atoms with Crippen molar-refractivity contribution < 1.29 is 30.9 Å². The standard InChI is InChI=1S/C10H21NO.Sc/c1-5-7-10(12,8-6-2)9(3)11-4;/h12H,5-8H2,1-4H3;. The van der Waals surface area contributed by atoms with E-state index in [1.54, 1.807) is 7.05 Å². The van der Waals surface area contributed by atoms with E-state index in [-0.39, 0.29) is 25.8 Å². The van der Waals surface area contributed by atoms with Crippen molar-refractivity contribution in [3.8, 4) is 0 Å². The third-order valence-corrected chi connectivity index (χ3v) is 2.34. The Morgan fingerprint density at radius 2 is 1.62 bits per heavy atom. The van der Waals surface area contributed by atoms with Crippen molar-refractivity contribution in [2.75, 3.05) is 7.05 Å². The molecule has 0 heterocycles. The second-order valence-electron chi connectivity index (χ2n) is 3.34. The van der Waals surface area contributed by atoms with Crippen molar-refractivity contribution in [1.82, 2.24) is 0 Å². The molecule has 0 saturated heterocycles. The van der Waals surface area contributed by atoms with Gasteiger partial charge in [-0.25, -0.2) is 0 Å². The zero-order valence-corrected chi connectivity index (χ0v) is 11.1. The van der Waals surface area contributed by atoms with Crippen LogP contribution in [0, 0.1) is 0 Å². The van der Waals surface area contributed by atoms with Gasteiger partial charge in [0, 0.05) is 38.6 Å². The van der Waals surface area contributed by atoms with E-state index in [1.165, 1.54) is 0 Å². The summed E-state index contributed by atoms with van der Waals surface area (Å²) in [4.78, 5) is 4.06. The van der Waals surface area contributed by atoms with Gasteiger partial charge >= 0.3 is 0 Å². The van der Waals surface area contributed by atoms with Gasteiger partial charge in [0.05, 0.1) is 0 Å². The van der Waals surface area contributed by atoms with Gasteiger partial charge in [0.15, 0.2) is 0 Å². The zero-order valence-electron chi connectivity index (χ0n) is 9.30. The monoisotopic (exact) mass is 216 g/mol. The van der Waals surface area contributed by atoms with Crippen LogP contribution >= 0.6 is 0 Å². The fourth-order valence-corrected chi connectivity index (χ4v) is 1.52. The van der Waals surface area contributed by atoms with Crippen molar-refractivity contribution in [2.45, 2.75) is 52.1 Å². The molecule has 0 aromatic carbocycles. The molecule has 0 amide bonds. The smallest absolute Gasteiger partial charge is 0.102 e. The van der Waals surface area contributed by atoms with Crippen LogP contribution in [0.1, 0.15) is 46.5 Å². The molecule has 0 unspecified atom stereocenters. The molecule has 0 bridgehead atoms. The van der Waals surface area contributed by atoms with Crippen LogP contribution in [-0.4, -0.2) is 23.5 Å². The summed E-state index contributed by atoms with van der Waals surface area (Å²) in [6.07, 6.45) is 3.65. The van der Waals surface area contributed by atoms with Gasteiger partial charge in [-0.05, 0) is 19.8 Å². The third-order valence-electron chi connectivity index (χ3n) is 2.34. The molecule has 75 valence electrons. The number of rotatable bonds is 5. The van der Waals surface area contributed by atoms with Gasteiger partial charge in [-0.2, -0.15) is 0 Å². The SMILES string of the molecule is CCCC(O)(CCC)C(C)=NC.[Sc]. The van der Waals surface area contributed by atoms with Crippen molar-refractivity contribution in [3.63, 3.8) is 0 Å². The molecule has 0 rings (SSSR count). The van der Waals surface area contributed by atoms with Crippen LogP contribution in [0.15, 0.2) is 4.99 Å². The zero-order chi connectivity index (χ0) is 9.61. The molecule has 2 nitrogen and oxygen atoms in total. The molecule has 1 N–H and O–H groups in total. The molecular formula is C10H21NOSc. The predicted octanol–water partition coefficient (Wildman–Crippen LogP) is 2.41.